The molecule has 0 radical (unpaired) electrons. The van der Waals surface area contributed by atoms with Crippen molar-refractivity contribution in [3.05, 3.63) is 56.5 Å². The molecule has 27 heavy (non-hydrogen) atoms. The molecular weight excluding hydrogens is 368 g/mol. The van der Waals surface area contributed by atoms with Crippen molar-refractivity contribution < 1.29 is 4.74 Å². The summed E-state index contributed by atoms with van der Waals surface area (Å²) in [6.07, 6.45) is 4.11. The van der Waals surface area contributed by atoms with E-state index in [1.54, 1.807) is 35.2 Å². The fraction of sp³-hybridized carbons (Fsp3) is 0.421. The van der Waals surface area contributed by atoms with Gasteiger partial charge in [0.25, 0.3) is 5.56 Å². The van der Waals surface area contributed by atoms with Crippen molar-refractivity contribution in [3.8, 4) is 5.69 Å². The third-order valence-corrected chi connectivity index (χ3v) is 5.19. The van der Waals surface area contributed by atoms with Crippen LogP contribution in [0.25, 0.3) is 16.9 Å². The molecule has 142 valence electrons. The van der Waals surface area contributed by atoms with Gasteiger partial charge >= 0.3 is 5.69 Å². The quantitative estimate of drug-likeness (QED) is 0.673. The monoisotopic (exact) mass is 388 g/mol. The van der Waals surface area contributed by atoms with Crippen molar-refractivity contribution in [2.24, 2.45) is 0 Å². The average Bonchev–Trinajstić information content (AvgIpc) is 3.31. The SMILES string of the molecule is CCCn1cnc2c1c(=O)n(C[C@@H]1CCCO1)c(=O)n2-c1ccccc1Cl. The molecule has 0 N–H and O–H groups in total. The van der Waals surface area contributed by atoms with Crippen LogP contribution in [0.4, 0.5) is 0 Å². The number of ether oxygens (including phenoxy) is 1. The molecule has 0 unspecified atom stereocenters. The Morgan fingerprint density at radius 3 is 2.81 bits per heavy atom. The summed E-state index contributed by atoms with van der Waals surface area (Å²) in [5.74, 6) is 0. The van der Waals surface area contributed by atoms with E-state index in [9.17, 15) is 9.59 Å². The van der Waals surface area contributed by atoms with Crippen LogP contribution >= 0.6 is 11.6 Å². The minimum atomic E-state index is -0.446. The first-order valence-corrected chi connectivity index (χ1v) is 9.56. The predicted molar refractivity (Wildman–Crippen MR) is 104 cm³/mol. The summed E-state index contributed by atoms with van der Waals surface area (Å²) in [5, 5.41) is 0.424. The molecule has 7 nitrogen and oxygen atoms in total. The normalized spacial score (nSPS) is 17.0. The number of benzene rings is 1. The van der Waals surface area contributed by atoms with Gasteiger partial charge in [-0.1, -0.05) is 30.7 Å². The van der Waals surface area contributed by atoms with Crippen LogP contribution in [0.3, 0.4) is 0 Å². The molecule has 1 atom stereocenters. The van der Waals surface area contributed by atoms with Gasteiger partial charge in [-0.15, -0.1) is 0 Å². The van der Waals surface area contributed by atoms with Crippen LogP contribution in [0.1, 0.15) is 26.2 Å². The highest BCUT2D eigenvalue weighted by Crippen LogP contribution is 2.21. The molecule has 0 saturated carbocycles. The molecule has 8 heteroatoms. The van der Waals surface area contributed by atoms with Gasteiger partial charge in [-0.05, 0) is 31.4 Å². The van der Waals surface area contributed by atoms with E-state index in [-0.39, 0.29) is 18.2 Å². The third kappa shape index (κ3) is 3.11. The standard InChI is InChI=1S/C19H21ClN4O3/c1-2-9-22-12-21-17-16(22)18(25)23(11-13-6-5-10-27-13)19(26)24(17)15-8-4-3-7-14(15)20/h3-4,7-8,12-13H,2,5-6,9-11H2,1H3/t13-/m0/s1. The maximum atomic E-state index is 13.3. The van der Waals surface area contributed by atoms with E-state index in [4.69, 9.17) is 16.3 Å². The number of rotatable bonds is 5. The zero-order valence-corrected chi connectivity index (χ0v) is 15.9. The molecule has 0 aliphatic carbocycles. The minimum Gasteiger partial charge on any atom is -0.376 e. The van der Waals surface area contributed by atoms with E-state index < -0.39 is 5.69 Å². The van der Waals surface area contributed by atoms with Crippen LogP contribution in [0, 0.1) is 0 Å². The molecule has 3 aromatic rings. The lowest BCUT2D eigenvalue weighted by Gasteiger charge is -2.15. The zero-order chi connectivity index (χ0) is 19.0. The molecule has 1 aliphatic rings. The summed E-state index contributed by atoms with van der Waals surface area (Å²) in [6, 6.07) is 7.07. The number of aryl methyl sites for hydroxylation is 1. The van der Waals surface area contributed by atoms with Crippen molar-refractivity contribution in [2.75, 3.05) is 6.61 Å². The predicted octanol–water partition coefficient (Wildman–Crippen LogP) is 2.59. The number of aromatic nitrogens is 4. The van der Waals surface area contributed by atoms with Crippen LogP contribution in [0.5, 0.6) is 0 Å². The van der Waals surface area contributed by atoms with Crippen LogP contribution in [-0.2, 0) is 17.8 Å². The maximum Gasteiger partial charge on any atom is 0.337 e. The number of para-hydroxylation sites is 1. The zero-order valence-electron chi connectivity index (χ0n) is 15.1. The number of hydrogen-bond acceptors (Lipinski definition) is 4. The minimum absolute atomic E-state index is 0.130. The smallest absolute Gasteiger partial charge is 0.337 e. The van der Waals surface area contributed by atoms with Gasteiger partial charge in [0.1, 0.15) is 0 Å². The number of imidazole rings is 1. The van der Waals surface area contributed by atoms with Gasteiger partial charge in [0.15, 0.2) is 11.2 Å². The highest BCUT2D eigenvalue weighted by Gasteiger charge is 2.23. The van der Waals surface area contributed by atoms with E-state index in [1.165, 1.54) is 9.13 Å². The number of nitrogens with zero attached hydrogens (tertiary/aromatic N) is 4. The summed E-state index contributed by atoms with van der Waals surface area (Å²) in [7, 11) is 0. The molecule has 2 aromatic heterocycles. The first-order chi connectivity index (χ1) is 13.1. The molecule has 1 aliphatic heterocycles. The Hall–Kier alpha value is -2.38. The summed E-state index contributed by atoms with van der Waals surface area (Å²) in [5.41, 5.74) is 0.471. The van der Waals surface area contributed by atoms with Crippen molar-refractivity contribution in [1.82, 2.24) is 18.7 Å². The van der Waals surface area contributed by atoms with Gasteiger partial charge in [-0.25, -0.2) is 14.3 Å². The number of fused-ring (bicyclic) bond motifs is 1. The van der Waals surface area contributed by atoms with Gasteiger partial charge in [0, 0.05) is 13.2 Å². The Morgan fingerprint density at radius 2 is 2.11 bits per heavy atom. The summed E-state index contributed by atoms with van der Waals surface area (Å²) >= 11 is 6.36. The van der Waals surface area contributed by atoms with E-state index in [1.807, 2.05) is 6.92 Å². The first kappa shape index (κ1) is 18.0. The molecule has 1 aromatic carbocycles. The lowest BCUT2D eigenvalue weighted by atomic mass is 10.2. The van der Waals surface area contributed by atoms with Crippen molar-refractivity contribution in [3.63, 3.8) is 0 Å². The molecule has 1 fully saturated rings. The van der Waals surface area contributed by atoms with E-state index in [0.29, 0.717) is 35.0 Å². The Bertz CT molecular complexity index is 1090. The number of hydrogen-bond donors (Lipinski definition) is 0. The second-order valence-electron chi connectivity index (χ2n) is 6.73. The average molecular weight is 389 g/mol. The molecule has 0 bridgehead atoms. The third-order valence-electron chi connectivity index (χ3n) is 4.87. The van der Waals surface area contributed by atoms with E-state index in [0.717, 1.165) is 19.3 Å². The Kier molecular flexibility index (Phi) is 4.88. The van der Waals surface area contributed by atoms with E-state index in [2.05, 4.69) is 4.98 Å². The van der Waals surface area contributed by atoms with Crippen molar-refractivity contribution in [1.29, 1.82) is 0 Å². The van der Waals surface area contributed by atoms with Gasteiger partial charge in [0.05, 0.1) is 29.7 Å². The van der Waals surface area contributed by atoms with Gasteiger partial charge < -0.3 is 9.30 Å². The fourth-order valence-corrected chi connectivity index (χ4v) is 3.81. The fourth-order valence-electron chi connectivity index (χ4n) is 3.59. The highest BCUT2D eigenvalue weighted by atomic mass is 35.5. The summed E-state index contributed by atoms with van der Waals surface area (Å²) in [6.45, 7) is 3.57. The highest BCUT2D eigenvalue weighted by molar-refractivity contribution is 6.32. The Labute approximate surface area is 160 Å². The molecule has 0 spiro atoms. The van der Waals surface area contributed by atoms with E-state index >= 15 is 0 Å². The second kappa shape index (κ2) is 7.32. The second-order valence-corrected chi connectivity index (χ2v) is 7.14. The summed E-state index contributed by atoms with van der Waals surface area (Å²) in [4.78, 5) is 30.8. The molecule has 4 rings (SSSR count). The maximum absolute atomic E-state index is 13.3. The van der Waals surface area contributed by atoms with Crippen molar-refractivity contribution >= 4 is 22.8 Å². The lowest BCUT2D eigenvalue weighted by molar-refractivity contribution is 0.0950. The van der Waals surface area contributed by atoms with Crippen LogP contribution in [0.15, 0.2) is 40.2 Å². The number of halogens is 1. The van der Waals surface area contributed by atoms with Gasteiger partial charge in [0.2, 0.25) is 0 Å². The topological polar surface area (TPSA) is 71.1 Å². The molecular formula is C19H21ClN4O3. The van der Waals surface area contributed by atoms with Crippen molar-refractivity contribution in [2.45, 2.75) is 45.4 Å². The molecule has 0 amide bonds. The van der Waals surface area contributed by atoms with Gasteiger partial charge in [-0.3, -0.25) is 9.36 Å². The Morgan fingerprint density at radius 1 is 1.30 bits per heavy atom. The first-order valence-electron chi connectivity index (χ1n) is 9.19. The molecule has 1 saturated heterocycles. The molecule has 3 heterocycles. The van der Waals surface area contributed by atoms with Crippen LogP contribution in [-0.4, -0.2) is 31.4 Å². The van der Waals surface area contributed by atoms with Crippen LogP contribution < -0.4 is 11.2 Å². The van der Waals surface area contributed by atoms with Gasteiger partial charge in [-0.2, -0.15) is 0 Å². The van der Waals surface area contributed by atoms with Crippen LogP contribution in [0.2, 0.25) is 5.02 Å². The Balaban J connectivity index is 2.02. The largest absolute Gasteiger partial charge is 0.376 e. The summed E-state index contributed by atoms with van der Waals surface area (Å²) < 4.78 is 10.1. The lowest BCUT2D eigenvalue weighted by Crippen LogP contribution is -2.42.